The van der Waals surface area contributed by atoms with E-state index in [1.807, 2.05) is 13.0 Å². The fourth-order valence-electron chi connectivity index (χ4n) is 1.54. The van der Waals surface area contributed by atoms with Crippen LogP contribution in [0.25, 0.3) is 0 Å². The van der Waals surface area contributed by atoms with Gasteiger partial charge in [-0.2, -0.15) is 0 Å². The molecule has 1 aromatic heterocycles. The Hall–Kier alpha value is -2.07. The molecule has 0 aliphatic heterocycles. The first-order valence-electron chi connectivity index (χ1n) is 5.28. The zero-order valence-corrected chi connectivity index (χ0v) is 10.4. The van der Waals surface area contributed by atoms with Crippen molar-refractivity contribution in [3.63, 3.8) is 0 Å². The summed E-state index contributed by atoms with van der Waals surface area (Å²) in [5.74, 6) is -1.05. The van der Waals surface area contributed by atoms with Crippen molar-refractivity contribution in [3.05, 3.63) is 52.8 Å². The SMILES string of the molecule is Cc1cnccc1Nc1ccc(Cl)c(C(=O)O)c1. The van der Waals surface area contributed by atoms with Crippen molar-refractivity contribution in [2.24, 2.45) is 0 Å². The van der Waals surface area contributed by atoms with Gasteiger partial charge in [0, 0.05) is 23.8 Å². The van der Waals surface area contributed by atoms with E-state index in [2.05, 4.69) is 10.3 Å². The van der Waals surface area contributed by atoms with Gasteiger partial charge < -0.3 is 10.4 Å². The first-order valence-corrected chi connectivity index (χ1v) is 5.66. The summed E-state index contributed by atoms with van der Waals surface area (Å²) in [7, 11) is 0. The number of carbonyl (C=O) groups is 1. The molecule has 0 amide bonds. The van der Waals surface area contributed by atoms with Crippen molar-refractivity contribution in [2.75, 3.05) is 5.32 Å². The molecule has 92 valence electrons. The Balaban J connectivity index is 2.33. The summed E-state index contributed by atoms with van der Waals surface area (Å²) in [6.45, 7) is 1.92. The van der Waals surface area contributed by atoms with Gasteiger partial charge in [-0.05, 0) is 36.8 Å². The van der Waals surface area contributed by atoms with Crippen LogP contribution < -0.4 is 5.32 Å². The average Bonchev–Trinajstić information content (AvgIpc) is 2.34. The topological polar surface area (TPSA) is 62.2 Å². The second-order valence-electron chi connectivity index (χ2n) is 3.82. The first kappa shape index (κ1) is 12.4. The fraction of sp³-hybridized carbons (Fsp3) is 0.0769. The van der Waals surface area contributed by atoms with Gasteiger partial charge in [-0.3, -0.25) is 4.98 Å². The van der Waals surface area contributed by atoms with Gasteiger partial charge >= 0.3 is 5.97 Å². The Morgan fingerprint density at radius 1 is 1.39 bits per heavy atom. The Morgan fingerprint density at radius 3 is 2.83 bits per heavy atom. The summed E-state index contributed by atoms with van der Waals surface area (Å²) in [6.07, 6.45) is 3.40. The van der Waals surface area contributed by atoms with Crippen molar-refractivity contribution in [1.82, 2.24) is 4.98 Å². The monoisotopic (exact) mass is 262 g/mol. The van der Waals surface area contributed by atoms with Gasteiger partial charge in [0.2, 0.25) is 0 Å². The summed E-state index contributed by atoms with van der Waals surface area (Å²) in [5, 5.41) is 12.3. The molecule has 2 rings (SSSR count). The number of pyridine rings is 1. The molecule has 0 saturated carbocycles. The molecule has 18 heavy (non-hydrogen) atoms. The normalized spacial score (nSPS) is 10.1. The molecule has 0 fully saturated rings. The second-order valence-corrected chi connectivity index (χ2v) is 4.22. The van der Waals surface area contributed by atoms with Crippen LogP contribution in [0, 0.1) is 6.92 Å². The van der Waals surface area contributed by atoms with E-state index in [1.165, 1.54) is 6.07 Å². The lowest BCUT2D eigenvalue weighted by Crippen LogP contribution is -2.00. The minimum atomic E-state index is -1.05. The van der Waals surface area contributed by atoms with Crippen molar-refractivity contribution in [2.45, 2.75) is 6.92 Å². The number of anilines is 2. The van der Waals surface area contributed by atoms with Crippen molar-refractivity contribution >= 4 is 28.9 Å². The largest absolute Gasteiger partial charge is 0.478 e. The fourth-order valence-corrected chi connectivity index (χ4v) is 1.73. The molecule has 1 aromatic carbocycles. The zero-order valence-electron chi connectivity index (χ0n) is 9.64. The Morgan fingerprint density at radius 2 is 2.17 bits per heavy atom. The molecule has 5 heteroatoms. The molecule has 0 spiro atoms. The number of hydrogen-bond acceptors (Lipinski definition) is 3. The Kier molecular flexibility index (Phi) is 3.48. The second kappa shape index (κ2) is 5.06. The number of nitrogens with one attached hydrogen (secondary N) is 1. The molecule has 0 aliphatic rings. The van der Waals surface area contributed by atoms with E-state index in [4.69, 9.17) is 16.7 Å². The highest BCUT2D eigenvalue weighted by Gasteiger charge is 2.09. The van der Waals surface area contributed by atoms with E-state index in [0.29, 0.717) is 5.69 Å². The van der Waals surface area contributed by atoms with E-state index in [-0.39, 0.29) is 10.6 Å². The summed E-state index contributed by atoms with van der Waals surface area (Å²) >= 11 is 5.81. The number of nitrogens with zero attached hydrogens (tertiary/aromatic N) is 1. The minimum Gasteiger partial charge on any atom is -0.478 e. The molecule has 0 saturated heterocycles. The lowest BCUT2D eigenvalue weighted by molar-refractivity contribution is 0.0697. The quantitative estimate of drug-likeness (QED) is 0.889. The predicted octanol–water partition coefficient (Wildman–Crippen LogP) is 3.49. The maximum Gasteiger partial charge on any atom is 0.337 e. The minimum absolute atomic E-state index is 0.0772. The van der Waals surface area contributed by atoms with Crippen LogP contribution in [0.4, 0.5) is 11.4 Å². The van der Waals surface area contributed by atoms with Crippen molar-refractivity contribution in [3.8, 4) is 0 Å². The van der Waals surface area contributed by atoms with E-state index < -0.39 is 5.97 Å². The number of rotatable bonds is 3. The Bertz CT molecular complexity index is 599. The lowest BCUT2D eigenvalue weighted by atomic mass is 10.2. The third-order valence-electron chi connectivity index (χ3n) is 2.50. The molecule has 0 bridgehead atoms. The van der Waals surface area contributed by atoms with Gasteiger partial charge in [0.1, 0.15) is 0 Å². The number of carboxylic acids is 1. The molecule has 1 heterocycles. The number of aryl methyl sites for hydroxylation is 1. The molecule has 0 aliphatic carbocycles. The van der Waals surface area contributed by atoms with Crippen molar-refractivity contribution < 1.29 is 9.90 Å². The number of carboxylic acid groups (broad SMARTS) is 1. The maximum absolute atomic E-state index is 11.0. The van der Waals surface area contributed by atoms with Crippen LogP contribution in [0.1, 0.15) is 15.9 Å². The Labute approximate surface area is 109 Å². The van der Waals surface area contributed by atoms with E-state index >= 15 is 0 Å². The van der Waals surface area contributed by atoms with Gasteiger partial charge in [-0.15, -0.1) is 0 Å². The van der Waals surface area contributed by atoms with E-state index in [9.17, 15) is 4.79 Å². The molecule has 2 N–H and O–H groups in total. The predicted molar refractivity (Wildman–Crippen MR) is 70.7 cm³/mol. The number of benzene rings is 1. The van der Waals surface area contributed by atoms with Crippen LogP contribution in [0.15, 0.2) is 36.7 Å². The number of hydrogen-bond donors (Lipinski definition) is 2. The van der Waals surface area contributed by atoms with Crippen LogP contribution in [-0.4, -0.2) is 16.1 Å². The third-order valence-corrected chi connectivity index (χ3v) is 2.83. The summed E-state index contributed by atoms with van der Waals surface area (Å²) in [6, 6.07) is 6.62. The zero-order chi connectivity index (χ0) is 13.1. The highest BCUT2D eigenvalue weighted by molar-refractivity contribution is 6.33. The van der Waals surface area contributed by atoms with Gasteiger partial charge in [0.15, 0.2) is 0 Å². The van der Waals surface area contributed by atoms with E-state index in [1.54, 1.807) is 24.5 Å². The first-order chi connectivity index (χ1) is 8.58. The van der Waals surface area contributed by atoms with Crippen LogP contribution >= 0.6 is 11.6 Å². The highest BCUT2D eigenvalue weighted by Crippen LogP contribution is 2.24. The summed E-state index contributed by atoms with van der Waals surface area (Å²) < 4.78 is 0. The number of aromatic carboxylic acids is 1. The summed E-state index contributed by atoms with van der Waals surface area (Å²) in [5.41, 5.74) is 2.60. The highest BCUT2D eigenvalue weighted by atomic mass is 35.5. The molecule has 4 nitrogen and oxygen atoms in total. The molecule has 0 atom stereocenters. The number of aromatic nitrogens is 1. The van der Waals surface area contributed by atoms with E-state index in [0.717, 1.165) is 11.3 Å². The van der Waals surface area contributed by atoms with Gasteiger partial charge in [0.05, 0.1) is 10.6 Å². The van der Waals surface area contributed by atoms with Crippen LogP contribution in [-0.2, 0) is 0 Å². The molecule has 0 unspecified atom stereocenters. The average molecular weight is 263 g/mol. The third kappa shape index (κ3) is 2.60. The smallest absolute Gasteiger partial charge is 0.337 e. The lowest BCUT2D eigenvalue weighted by Gasteiger charge is -2.10. The molecular formula is C13H11ClN2O2. The van der Waals surface area contributed by atoms with Crippen molar-refractivity contribution in [1.29, 1.82) is 0 Å². The molecule has 2 aromatic rings. The molecular weight excluding hydrogens is 252 g/mol. The van der Waals surface area contributed by atoms with Crippen LogP contribution in [0.5, 0.6) is 0 Å². The van der Waals surface area contributed by atoms with Crippen LogP contribution in [0.2, 0.25) is 5.02 Å². The summed E-state index contributed by atoms with van der Waals surface area (Å²) in [4.78, 5) is 15.0. The van der Waals surface area contributed by atoms with Crippen LogP contribution in [0.3, 0.4) is 0 Å². The standard InChI is InChI=1S/C13H11ClN2O2/c1-8-7-15-5-4-12(8)16-9-2-3-11(14)10(6-9)13(17)18/h2-7H,1H3,(H,15,16)(H,17,18). The number of halogens is 1. The van der Waals surface area contributed by atoms with Gasteiger partial charge in [-0.25, -0.2) is 4.79 Å². The van der Waals surface area contributed by atoms with Gasteiger partial charge in [0.25, 0.3) is 0 Å². The van der Waals surface area contributed by atoms with Gasteiger partial charge in [-0.1, -0.05) is 11.6 Å². The molecule has 0 radical (unpaired) electrons. The maximum atomic E-state index is 11.0.